The summed E-state index contributed by atoms with van der Waals surface area (Å²) in [7, 11) is 0. The number of thiophene rings is 1. The summed E-state index contributed by atoms with van der Waals surface area (Å²) in [6.07, 6.45) is 0. The van der Waals surface area contributed by atoms with Gasteiger partial charge in [-0.2, -0.15) is 9.61 Å². The van der Waals surface area contributed by atoms with Gasteiger partial charge in [-0.15, -0.1) is 21.5 Å². The molecule has 4 rings (SSSR count). The van der Waals surface area contributed by atoms with E-state index < -0.39 is 0 Å². The highest BCUT2D eigenvalue weighted by molar-refractivity contribution is 7.20. The van der Waals surface area contributed by atoms with Crippen molar-refractivity contribution in [2.24, 2.45) is 0 Å². The average molecular weight is 319 g/mol. The maximum Gasteiger partial charge on any atom is 0.235 e. The van der Waals surface area contributed by atoms with E-state index in [-0.39, 0.29) is 0 Å². The smallest absolute Gasteiger partial charge is 0.181 e. The fourth-order valence-electron chi connectivity index (χ4n) is 1.92. The molecule has 3 aromatic heterocycles. The van der Waals surface area contributed by atoms with Crippen LogP contribution in [0.5, 0.6) is 0 Å². The first-order valence-electron chi connectivity index (χ1n) is 5.84. The molecule has 0 spiro atoms. The Balaban J connectivity index is 1.91. The number of nitrogens with zero attached hydrogens (tertiary/aromatic N) is 4. The Morgan fingerprint density at radius 3 is 2.75 bits per heavy atom. The second kappa shape index (κ2) is 4.66. The molecule has 0 saturated heterocycles. The van der Waals surface area contributed by atoms with E-state index in [1.165, 1.54) is 11.3 Å². The fourth-order valence-corrected chi connectivity index (χ4v) is 3.77. The van der Waals surface area contributed by atoms with E-state index in [0.717, 1.165) is 26.2 Å². The first kappa shape index (κ1) is 12.0. The van der Waals surface area contributed by atoms with Crippen LogP contribution in [0.3, 0.4) is 0 Å². The minimum Gasteiger partial charge on any atom is -0.181 e. The van der Waals surface area contributed by atoms with Gasteiger partial charge in [0, 0.05) is 5.56 Å². The van der Waals surface area contributed by atoms with Crippen LogP contribution in [-0.4, -0.2) is 19.8 Å². The molecule has 98 valence electrons. The van der Waals surface area contributed by atoms with Gasteiger partial charge in [0.05, 0.1) is 9.90 Å². The molecule has 0 bridgehead atoms. The number of fused-ring (bicyclic) bond motifs is 1. The largest absolute Gasteiger partial charge is 0.235 e. The van der Waals surface area contributed by atoms with Crippen molar-refractivity contribution in [1.82, 2.24) is 19.8 Å². The molecule has 0 N–H and O–H groups in total. The number of benzene rings is 1. The molecular weight excluding hydrogens is 312 g/mol. The van der Waals surface area contributed by atoms with Crippen molar-refractivity contribution in [2.45, 2.75) is 0 Å². The van der Waals surface area contributed by atoms with Gasteiger partial charge >= 0.3 is 0 Å². The highest BCUT2D eigenvalue weighted by atomic mass is 35.5. The standard InChI is InChI=1S/C13H7ClN4S2/c14-9-5-2-1-4-8(9)12-17-18-11(10-6-3-7-19-10)15-16-13(18)20-12/h1-7H. The van der Waals surface area contributed by atoms with E-state index in [0.29, 0.717) is 5.02 Å². The Labute approximate surface area is 127 Å². The minimum absolute atomic E-state index is 0.690. The number of hydrogen-bond donors (Lipinski definition) is 0. The summed E-state index contributed by atoms with van der Waals surface area (Å²) >= 11 is 9.32. The van der Waals surface area contributed by atoms with Crippen LogP contribution in [0, 0.1) is 0 Å². The molecule has 0 aliphatic carbocycles. The van der Waals surface area contributed by atoms with Crippen molar-refractivity contribution in [2.75, 3.05) is 0 Å². The zero-order chi connectivity index (χ0) is 13.5. The lowest BCUT2D eigenvalue weighted by molar-refractivity contribution is 0.974. The molecule has 0 radical (unpaired) electrons. The lowest BCUT2D eigenvalue weighted by atomic mass is 10.2. The number of halogens is 1. The molecule has 0 aliphatic rings. The van der Waals surface area contributed by atoms with Crippen molar-refractivity contribution in [3.05, 3.63) is 46.8 Å². The van der Waals surface area contributed by atoms with E-state index >= 15 is 0 Å². The Morgan fingerprint density at radius 2 is 1.95 bits per heavy atom. The molecule has 1 aromatic carbocycles. The summed E-state index contributed by atoms with van der Waals surface area (Å²) in [6.45, 7) is 0. The van der Waals surface area contributed by atoms with Gasteiger partial charge in [0.2, 0.25) is 4.96 Å². The third-order valence-electron chi connectivity index (χ3n) is 2.84. The van der Waals surface area contributed by atoms with Gasteiger partial charge in [-0.1, -0.05) is 47.2 Å². The Kier molecular flexibility index (Phi) is 2.80. The van der Waals surface area contributed by atoms with Crippen LogP contribution in [0.4, 0.5) is 0 Å². The van der Waals surface area contributed by atoms with Gasteiger partial charge in [-0.05, 0) is 17.5 Å². The molecule has 0 amide bonds. The molecular formula is C13H7ClN4S2. The monoisotopic (exact) mass is 318 g/mol. The SMILES string of the molecule is Clc1ccccc1-c1nn2c(-c3cccs3)nnc2s1. The molecule has 4 aromatic rings. The van der Waals surface area contributed by atoms with Crippen molar-refractivity contribution in [1.29, 1.82) is 0 Å². The van der Waals surface area contributed by atoms with Gasteiger partial charge in [-0.25, -0.2) is 0 Å². The lowest BCUT2D eigenvalue weighted by Gasteiger charge is -1.97. The van der Waals surface area contributed by atoms with Crippen LogP contribution in [0.25, 0.3) is 26.2 Å². The van der Waals surface area contributed by atoms with Crippen LogP contribution < -0.4 is 0 Å². The summed E-state index contributed by atoms with van der Waals surface area (Å²) < 4.78 is 1.77. The number of hydrogen-bond acceptors (Lipinski definition) is 5. The van der Waals surface area contributed by atoms with E-state index in [1.54, 1.807) is 15.9 Å². The summed E-state index contributed by atoms with van der Waals surface area (Å²) in [5.74, 6) is 0.768. The fraction of sp³-hybridized carbons (Fsp3) is 0. The predicted octanol–water partition coefficient (Wildman–Crippen LogP) is 4.23. The van der Waals surface area contributed by atoms with Crippen LogP contribution in [0.1, 0.15) is 0 Å². The van der Waals surface area contributed by atoms with E-state index in [2.05, 4.69) is 15.3 Å². The van der Waals surface area contributed by atoms with Crippen molar-refractivity contribution < 1.29 is 0 Å². The second-order valence-corrected chi connectivity index (χ2v) is 6.39. The lowest BCUT2D eigenvalue weighted by Crippen LogP contribution is -1.89. The molecule has 20 heavy (non-hydrogen) atoms. The average Bonchev–Trinajstić information content (AvgIpc) is 3.14. The predicted molar refractivity (Wildman–Crippen MR) is 82.4 cm³/mol. The van der Waals surface area contributed by atoms with E-state index in [4.69, 9.17) is 11.6 Å². The molecule has 0 aliphatic heterocycles. The molecule has 4 nitrogen and oxygen atoms in total. The molecule has 3 heterocycles. The van der Waals surface area contributed by atoms with Crippen LogP contribution >= 0.6 is 34.3 Å². The van der Waals surface area contributed by atoms with Crippen LogP contribution in [0.15, 0.2) is 41.8 Å². The van der Waals surface area contributed by atoms with E-state index in [9.17, 15) is 0 Å². The highest BCUT2D eigenvalue weighted by Crippen LogP contribution is 2.32. The van der Waals surface area contributed by atoms with Crippen molar-refractivity contribution in [3.63, 3.8) is 0 Å². The summed E-state index contributed by atoms with van der Waals surface area (Å²) in [5.41, 5.74) is 0.918. The van der Waals surface area contributed by atoms with Gasteiger partial charge in [0.1, 0.15) is 5.01 Å². The summed E-state index contributed by atoms with van der Waals surface area (Å²) in [4.78, 5) is 1.82. The first-order chi connectivity index (χ1) is 9.83. The third kappa shape index (κ3) is 1.84. The Bertz CT molecular complexity index is 879. The summed E-state index contributed by atoms with van der Waals surface area (Å²) in [6, 6.07) is 11.7. The number of aromatic nitrogens is 4. The molecule has 7 heteroatoms. The second-order valence-electron chi connectivity index (χ2n) is 4.08. The quantitative estimate of drug-likeness (QED) is 0.555. The maximum absolute atomic E-state index is 6.22. The highest BCUT2D eigenvalue weighted by Gasteiger charge is 2.15. The molecule has 0 fully saturated rings. The van der Waals surface area contributed by atoms with Crippen molar-refractivity contribution >= 4 is 39.2 Å². The molecule has 0 atom stereocenters. The minimum atomic E-state index is 0.690. The number of rotatable bonds is 2. The normalized spacial score (nSPS) is 11.2. The summed E-state index contributed by atoms with van der Waals surface area (Å²) in [5, 5.41) is 16.5. The first-order valence-corrected chi connectivity index (χ1v) is 7.91. The molecule has 0 unspecified atom stereocenters. The maximum atomic E-state index is 6.22. The van der Waals surface area contributed by atoms with Gasteiger partial charge in [0.15, 0.2) is 5.82 Å². The molecule has 0 saturated carbocycles. The zero-order valence-electron chi connectivity index (χ0n) is 10.0. The van der Waals surface area contributed by atoms with Gasteiger partial charge in [-0.3, -0.25) is 0 Å². The van der Waals surface area contributed by atoms with Gasteiger partial charge < -0.3 is 0 Å². The Hall–Kier alpha value is -1.76. The van der Waals surface area contributed by atoms with Crippen molar-refractivity contribution in [3.8, 4) is 21.3 Å². The Morgan fingerprint density at radius 1 is 1.05 bits per heavy atom. The van der Waals surface area contributed by atoms with Crippen LogP contribution in [-0.2, 0) is 0 Å². The van der Waals surface area contributed by atoms with Crippen LogP contribution in [0.2, 0.25) is 5.02 Å². The van der Waals surface area contributed by atoms with Gasteiger partial charge in [0.25, 0.3) is 0 Å². The third-order valence-corrected chi connectivity index (χ3v) is 4.96. The van der Waals surface area contributed by atoms with E-state index in [1.807, 2.05) is 41.8 Å². The topological polar surface area (TPSA) is 43.1 Å². The zero-order valence-corrected chi connectivity index (χ0v) is 12.4.